The van der Waals surface area contributed by atoms with Crippen LogP contribution in [0, 0.1) is 0 Å². The minimum Gasteiger partial charge on any atom is -0.455 e. The predicted octanol–water partition coefficient (Wildman–Crippen LogP) is 2.13. The van der Waals surface area contributed by atoms with Crippen molar-refractivity contribution in [2.45, 2.75) is 25.3 Å². The molecule has 0 spiro atoms. The van der Waals surface area contributed by atoms with E-state index in [4.69, 9.17) is 4.74 Å². The topological polar surface area (TPSA) is 89.5 Å². The Morgan fingerprint density at radius 3 is 2.29 bits per heavy atom. The molecule has 0 radical (unpaired) electrons. The van der Waals surface area contributed by atoms with Crippen LogP contribution in [0.3, 0.4) is 0 Å². The maximum absolute atomic E-state index is 12.0. The fourth-order valence-electron chi connectivity index (χ4n) is 3.29. The first kappa shape index (κ1) is 20.1. The average molecular weight is 401 g/mol. The van der Waals surface area contributed by atoms with Crippen LogP contribution < -0.4 is 5.32 Å². The molecule has 3 rings (SSSR count). The van der Waals surface area contributed by atoms with Crippen molar-refractivity contribution in [1.29, 1.82) is 0 Å². The smallest absolute Gasteiger partial charge is 0.310 e. The van der Waals surface area contributed by atoms with E-state index in [1.807, 2.05) is 54.6 Å². The maximum atomic E-state index is 12.0. The lowest BCUT2D eigenvalue weighted by atomic mass is 10.0. The molecule has 0 saturated carbocycles. The summed E-state index contributed by atoms with van der Waals surface area (Å²) in [4.78, 5) is 24.0. The van der Waals surface area contributed by atoms with Gasteiger partial charge in [0.25, 0.3) is 5.91 Å². The second-order valence-electron chi connectivity index (χ2n) is 7.35. The van der Waals surface area contributed by atoms with Gasteiger partial charge < -0.3 is 10.1 Å². The number of rotatable bonds is 6. The van der Waals surface area contributed by atoms with Crippen molar-refractivity contribution in [3.8, 4) is 11.1 Å². The number of carbonyl (C=O) groups is 2. The molecule has 0 unspecified atom stereocenters. The minimum absolute atomic E-state index is 0.0581. The molecule has 0 aliphatic carbocycles. The fraction of sp³-hybridized carbons (Fsp3) is 0.333. The maximum Gasteiger partial charge on any atom is 0.310 e. The van der Waals surface area contributed by atoms with Gasteiger partial charge in [0, 0.05) is 0 Å². The largest absolute Gasteiger partial charge is 0.455 e. The molecule has 6 nitrogen and oxygen atoms in total. The van der Waals surface area contributed by atoms with Gasteiger partial charge in [-0.3, -0.25) is 9.59 Å². The van der Waals surface area contributed by atoms with E-state index in [1.165, 1.54) is 0 Å². The summed E-state index contributed by atoms with van der Waals surface area (Å²) in [5, 5.41) is 2.66. The Balaban J connectivity index is 1.47. The molecule has 148 valence electrons. The molecule has 1 amide bonds. The van der Waals surface area contributed by atoms with Crippen molar-refractivity contribution >= 4 is 21.7 Å². The molecular weight excluding hydrogens is 378 g/mol. The normalized spacial score (nSPS) is 20.5. The number of sulfone groups is 1. The van der Waals surface area contributed by atoms with Gasteiger partial charge in [0.05, 0.1) is 23.5 Å². The first-order valence-electron chi connectivity index (χ1n) is 9.06. The van der Waals surface area contributed by atoms with Crippen LogP contribution in [-0.2, 0) is 30.6 Å². The highest BCUT2D eigenvalue weighted by atomic mass is 32.2. The third kappa shape index (κ3) is 5.42. The Kier molecular flexibility index (Phi) is 5.84. The van der Waals surface area contributed by atoms with Crippen molar-refractivity contribution in [3.05, 3.63) is 60.2 Å². The van der Waals surface area contributed by atoms with Crippen LogP contribution in [0.25, 0.3) is 11.1 Å². The van der Waals surface area contributed by atoms with Crippen molar-refractivity contribution in [1.82, 2.24) is 5.32 Å². The van der Waals surface area contributed by atoms with Gasteiger partial charge in [-0.05, 0) is 30.0 Å². The van der Waals surface area contributed by atoms with Gasteiger partial charge in [-0.25, -0.2) is 8.42 Å². The van der Waals surface area contributed by atoms with Crippen LogP contribution in [0.4, 0.5) is 0 Å². The number of nitrogens with one attached hydrogen (secondary N) is 1. The zero-order valence-corrected chi connectivity index (χ0v) is 16.5. The van der Waals surface area contributed by atoms with Gasteiger partial charge in [-0.1, -0.05) is 54.6 Å². The van der Waals surface area contributed by atoms with E-state index in [1.54, 1.807) is 6.92 Å². The first-order chi connectivity index (χ1) is 13.2. The van der Waals surface area contributed by atoms with Crippen LogP contribution in [0.5, 0.6) is 0 Å². The Morgan fingerprint density at radius 1 is 1.04 bits per heavy atom. The zero-order valence-electron chi connectivity index (χ0n) is 15.7. The van der Waals surface area contributed by atoms with E-state index in [0.717, 1.165) is 16.7 Å². The average Bonchev–Trinajstić information content (AvgIpc) is 2.94. The van der Waals surface area contributed by atoms with Crippen molar-refractivity contribution in [2.75, 3.05) is 18.1 Å². The Morgan fingerprint density at radius 2 is 1.68 bits per heavy atom. The van der Waals surface area contributed by atoms with E-state index in [0.29, 0.717) is 6.42 Å². The molecule has 2 aromatic rings. The lowest BCUT2D eigenvalue weighted by Gasteiger charge is -2.23. The monoisotopic (exact) mass is 401 g/mol. The number of hydrogen-bond donors (Lipinski definition) is 1. The molecule has 7 heteroatoms. The van der Waals surface area contributed by atoms with E-state index in [9.17, 15) is 18.0 Å². The summed E-state index contributed by atoms with van der Waals surface area (Å²) in [6.45, 7) is 1.27. The summed E-state index contributed by atoms with van der Waals surface area (Å²) >= 11 is 0. The highest BCUT2D eigenvalue weighted by Gasteiger charge is 2.39. The Hall–Kier alpha value is -2.67. The second-order valence-corrected chi connectivity index (χ2v) is 9.54. The van der Waals surface area contributed by atoms with E-state index >= 15 is 0 Å². The lowest BCUT2D eigenvalue weighted by molar-refractivity contribution is -0.148. The lowest BCUT2D eigenvalue weighted by Crippen LogP contribution is -2.48. The molecule has 1 N–H and O–H groups in total. The molecule has 1 heterocycles. The van der Waals surface area contributed by atoms with Gasteiger partial charge in [-0.15, -0.1) is 0 Å². The third-order valence-electron chi connectivity index (χ3n) is 4.72. The summed E-state index contributed by atoms with van der Waals surface area (Å²) in [6.07, 6.45) is 0.427. The van der Waals surface area contributed by atoms with E-state index in [2.05, 4.69) is 5.32 Å². The van der Waals surface area contributed by atoms with Crippen LogP contribution in [0.1, 0.15) is 18.9 Å². The Labute approximate surface area is 164 Å². The minimum atomic E-state index is -3.12. The molecule has 1 saturated heterocycles. The molecule has 28 heavy (non-hydrogen) atoms. The first-order valence-corrected chi connectivity index (χ1v) is 10.9. The van der Waals surface area contributed by atoms with Crippen LogP contribution in [0.2, 0.25) is 0 Å². The van der Waals surface area contributed by atoms with Crippen molar-refractivity contribution in [3.63, 3.8) is 0 Å². The molecule has 2 aromatic carbocycles. The molecule has 1 fully saturated rings. The molecule has 1 atom stereocenters. The van der Waals surface area contributed by atoms with Crippen LogP contribution in [0.15, 0.2) is 54.6 Å². The highest BCUT2D eigenvalue weighted by molar-refractivity contribution is 7.91. The zero-order chi connectivity index (χ0) is 20.2. The van der Waals surface area contributed by atoms with Gasteiger partial charge in [-0.2, -0.15) is 0 Å². The van der Waals surface area contributed by atoms with Gasteiger partial charge in [0.2, 0.25) is 0 Å². The van der Waals surface area contributed by atoms with Crippen LogP contribution in [-0.4, -0.2) is 43.9 Å². The number of carbonyl (C=O) groups excluding carboxylic acids is 2. The third-order valence-corrected chi connectivity index (χ3v) is 6.62. The van der Waals surface area contributed by atoms with Crippen LogP contribution >= 0.6 is 0 Å². The van der Waals surface area contributed by atoms with E-state index in [-0.39, 0.29) is 17.9 Å². The number of benzene rings is 2. The summed E-state index contributed by atoms with van der Waals surface area (Å²) in [5.74, 6) is -1.03. The molecule has 0 aromatic heterocycles. The number of amides is 1. The summed E-state index contributed by atoms with van der Waals surface area (Å²) < 4.78 is 28.2. The van der Waals surface area contributed by atoms with E-state index < -0.39 is 33.9 Å². The summed E-state index contributed by atoms with van der Waals surface area (Å²) in [5.41, 5.74) is 2.14. The highest BCUT2D eigenvalue weighted by Crippen LogP contribution is 2.22. The quantitative estimate of drug-likeness (QED) is 0.749. The molecular formula is C21H23NO5S. The molecule has 0 bridgehead atoms. The van der Waals surface area contributed by atoms with Gasteiger partial charge in [0.15, 0.2) is 16.4 Å². The second kappa shape index (κ2) is 8.14. The molecule has 1 aliphatic rings. The number of esters is 1. The van der Waals surface area contributed by atoms with Crippen molar-refractivity contribution in [2.24, 2.45) is 0 Å². The predicted molar refractivity (Wildman–Crippen MR) is 106 cm³/mol. The SMILES string of the molecule is C[C@@]1(NC(=O)COC(=O)Cc2ccc(-c3ccccc3)cc2)CCS(=O)(=O)C1. The molecule has 1 aliphatic heterocycles. The van der Waals surface area contributed by atoms with Gasteiger partial charge >= 0.3 is 5.97 Å². The Bertz CT molecular complexity index is 954. The summed E-state index contributed by atoms with van der Waals surface area (Å²) in [6, 6.07) is 17.5. The fourth-order valence-corrected chi connectivity index (χ4v) is 5.38. The number of hydrogen-bond acceptors (Lipinski definition) is 5. The number of ether oxygens (including phenoxy) is 1. The van der Waals surface area contributed by atoms with Gasteiger partial charge in [0.1, 0.15) is 0 Å². The van der Waals surface area contributed by atoms with Crippen molar-refractivity contribution < 1.29 is 22.7 Å². The summed E-state index contributed by atoms with van der Waals surface area (Å²) in [7, 11) is -3.12. The standard InChI is InChI=1S/C21H23NO5S/c1-21(11-12-28(25,26)15-21)22-19(23)14-27-20(24)13-16-7-9-18(10-8-16)17-5-3-2-4-6-17/h2-10H,11-15H2,1H3,(H,22,23)/t21-/m1/s1.